The Morgan fingerprint density at radius 1 is 1.54 bits per heavy atom. The highest BCUT2D eigenvalue weighted by molar-refractivity contribution is 6.30. The van der Waals surface area contributed by atoms with E-state index in [1.54, 1.807) is 12.1 Å². The Bertz CT molecular complexity index is 323. The molecule has 1 aromatic rings. The Kier molecular flexibility index (Phi) is 3.34. The van der Waals surface area contributed by atoms with E-state index in [2.05, 4.69) is 6.58 Å². The standard InChI is InChI=1S/C10H12ClNO/c1-7(4-5-12)9-3-2-8(11)6-10(9)13/h2-3,6,13H,1,4-5,12H2. The molecule has 0 spiro atoms. The highest BCUT2D eigenvalue weighted by Crippen LogP contribution is 2.28. The van der Waals surface area contributed by atoms with Crippen LogP contribution in [0.15, 0.2) is 24.8 Å². The average molecular weight is 198 g/mol. The number of hydrogen-bond donors (Lipinski definition) is 2. The lowest BCUT2D eigenvalue weighted by Gasteiger charge is -2.06. The van der Waals surface area contributed by atoms with Gasteiger partial charge in [0, 0.05) is 10.6 Å². The maximum atomic E-state index is 9.50. The van der Waals surface area contributed by atoms with Gasteiger partial charge in [0.05, 0.1) is 0 Å². The number of rotatable bonds is 3. The molecular weight excluding hydrogens is 186 g/mol. The fourth-order valence-electron chi connectivity index (χ4n) is 1.11. The quantitative estimate of drug-likeness (QED) is 0.782. The Labute approximate surface area is 82.6 Å². The number of hydrogen-bond acceptors (Lipinski definition) is 2. The average Bonchev–Trinajstić information content (AvgIpc) is 2.04. The van der Waals surface area contributed by atoms with Gasteiger partial charge in [0.2, 0.25) is 0 Å². The molecule has 2 nitrogen and oxygen atoms in total. The lowest BCUT2D eigenvalue weighted by atomic mass is 10.0. The molecule has 3 N–H and O–H groups in total. The van der Waals surface area contributed by atoms with Gasteiger partial charge in [-0.1, -0.05) is 18.2 Å². The molecule has 0 saturated carbocycles. The van der Waals surface area contributed by atoms with E-state index in [4.69, 9.17) is 17.3 Å². The van der Waals surface area contributed by atoms with Crippen molar-refractivity contribution in [2.24, 2.45) is 5.73 Å². The number of nitrogens with two attached hydrogens (primary N) is 1. The van der Waals surface area contributed by atoms with E-state index in [0.29, 0.717) is 18.0 Å². The van der Waals surface area contributed by atoms with E-state index in [1.807, 2.05) is 0 Å². The molecule has 1 aromatic carbocycles. The number of phenols is 1. The predicted molar refractivity (Wildman–Crippen MR) is 55.8 cm³/mol. The van der Waals surface area contributed by atoms with Gasteiger partial charge in [0.1, 0.15) is 5.75 Å². The van der Waals surface area contributed by atoms with Gasteiger partial charge in [0.25, 0.3) is 0 Å². The molecule has 0 unspecified atom stereocenters. The molecular formula is C10H12ClNO. The van der Waals surface area contributed by atoms with Crippen LogP contribution in [-0.2, 0) is 0 Å². The first kappa shape index (κ1) is 10.1. The lowest BCUT2D eigenvalue weighted by Crippen LogP contribution is -1.99. The van der Waals surface area contributed by atoms with Crippen LogP contribution in [0.1, 0.15) is 12.0 Å². The molecule has 0 aliphatic rings. The zero-order valence-electron chi connectivity index (χ0n) is 7.26. The minimum atomic E-state index is 0.158. The Balaban J connectivity index is 2.95. The second kappa shape index (κ2) is 4.30. The number of aromatic hydroxyl groups is 1. The van der Waals surface area contributed by atoms with Crippen molar-refractivity contribution >= 4 is 17.2 Å². The van der Waals surface area contributed by atoms with Crippen LogP contribution in [-0.4, -0.2) is 11.7 Å². The van der Waals surface area contributed by atoms with Crippen LogP contribution in [0.4, 0.5) is 0 Å². The Morgan fingerprint density at radius 2 is 2.23 bits per heavy atom. The number of halogens is 1. The van der Waals surface area contributed by atoms with Gasteiger partial charge in [-0.25, -0.2) is 0 Å². The lowest BCUT2D eigenvalue weighted by molar-refractivity contribution is 0.473. The van der Waals surface area contributed by atoms with Crippen molar-refractivity contribution in [1.29, 1.82) is 0 Å². The van der Waals surface area contributed by atoms with Crippen LogP contribution >= 0.6 is 11.6 Å². The summed E-state index contributed by atoms with van der Waals surface area (Å²) in [7, 11) is 0. The Morgan fingerprint density at radius 3 is 2.77 bits per heavy atom. The summed E-state index contributed by atoms with van der Waals surface area (Å²) >= 11 is 5.68. The van der Waals surface area contributed by atoms with Crippen molar-refractivity contribution in [3.05, 3.63) is 35.4 Å². The molecule has 0 atom stereocenters. The molecule has 0 aliphatic carbocycles. The van der Waals surface area contributed by atoms with Gasteiger partial charge in [0.15, 0.2) is 0 Å². The fraction of sp³-hybridized carbons (Fsp3) is 0.200. The molecule has 3 heteroatoms. The van der Waals surface area contributed by atoms with Crippen LogP contribution in [0.25, 0.3) is 5.57 Å². The second-order valence-corrected chi connectivity index (χ2v) is 3.24. The summed E-state index contributed by atoms with van der Waals surface area (Å²) in [6.07, 6.45) is 0.676. The maximum absolute atomic E-state index is 9.50. The summed E-state index contributed by atoms with van der Waals surface area (Å²) in [5, 5.41) is 10.0. The molecule has 0 saturated heterocycles. The highest BCUT2D eigenvalue weighted by atomic mass is 35.5. The molecule has 0 fully saturated rings. The first-order valence-electron chi connectivity index (χ1n) is 4.02. The van der Waals surface area contributed by atoms with Crippen LogP contribution in [0.3, 0.4) is 0 Å². The van der Waals surface area contributed by atoms with Crippen LogP contribution in [0.5, 0.6) is 5.75 Å². The van der Waals surface area contributed by atoms with Crippen molar-refractivity contribution in [1.82, 2.24) is 0 Å². The summed E-state index contributed by atoms with van der Waals surface area (Å²) in [5.41, 5.74) is 6.93. The van der Waals surface area contributed by atoms with E-state index >= 15 is 0 Å². The normalized spacial score (nSPS) is 10.0. The summed E-state index contributed by atoms with van der Waals surface area (Å²) in [4.78, 5) is 0. The topological polar surface area (TPSA) is 46.2 Å². The van der Waals surface area contributed by atoms with Crippen molar-refractivity contribution in [2.75, 3.05) is 6.54 Å². The third kappa shape index (κ3) is 2.47. The van der Waals surface area contributed by atoms with E-state index in [-0.39, 0.29) is 5.75 Å². The predicted octanol–water partition coefficient (Wildman–Crippen LogP) is 2.41. The third-order valence-corrected chi connectivity index (χ3v) is 2.02. The number of benzene rings is 1. The Hall–Kier alpha value is -0.990. The smallest absolute Gasteiger partial charge is 0.124 e. The van der Waals surface area contributed by atoms with E-state index in [1.165, 1.54) is 6.07 Å². The zero-order chi connectivity index (χ0) is 9.84. The monoisotopic (exact) mass is 197 g/mol. The minimum absolute atomic E-state index is 0.158. The molecule has 0 aliphatic heterocycles. The van der Waals surface area contributed by atoms with Gasteiger partial charge in [-0.2, -0.15) is 0 Å². The SMILES string of the molecule is C=C(CCN)c1ccc(Cl)cc1O. The maximum Gasteiger partial charge on any atom is 0.124 e. The van der Waals surface area contributed by atoms with E-state index in [9.17, 15) is 5.11 Å². The van der Waals surface area contributed by atoms with Gasteiger partial charge < -0.3 is 10.8 Å². The van der Waals surface area contributed by atoms with Gasteiger partial charge in [-0.15, -0.1) is 0 Å². The first-order chi connectivity index (χ1) is 6.15. The van der Waals surface area contributed by atoms with Gasteiger partial charge >= 0.3 is 0 Å². The van der Waals surface area contributed by atoms with E-state index in [0.717, 1.165) is 11.1 Å². The van der Waals surface area contributed by atoms with Crippen molar-refractivity contribution in [3.8, 4) is 5.75 Å². The summed E-state index contributed by atoms with van der Waals surface area (Å²) in [5.74, 6) is 0.158. The molecule has 70 valence electrons. The van der Waals surface area contributed by atoms with Gasteiger partial charge in [-0.05, 0) is 36.7 Å². The summed E-state index contributed by atoms with van der Waals surface area (Å²) in [6.45, 7) is 4.35. The second-order valence-electron chi connectivity index (χ2n) is 2.80. The molecule has 0 bridgehead atoms. The molecule has 0 amide bonds. The first-order valence-corrected chi connectivity index (χ1v) is 4.39. The van der Waals surface area contributed by atoms with Crippen molar-refractivity contribution in [2.45, 2.75) is 6.42 Å². The number of phenolic OH excluding ortho intramolecular Hbond substituents is 1. The third-order valence-electron chi connectivity index (χ3n) is 1.79. The molecule has 0 aromatic heterocycles. The molecule has 13 heavy (non-hydrogen) atoms. The van der Waals surface area contributed by atoms with Crippen molar-refractivity contribution < 1.29 is 5.11 Å². The highest BCUT2D eigenvalue weighted by Gasteiger charge is 2.04. The van der Waals surface area contributed by atoms with Crippen LogP contribution in [0, 0.1) is 0 Å². The summed E-state index contributed by atoms with van der Waals surface area (Å²) < 4.78 is 0. The van der Waals surface area contributed by atoms with E-state index < -0.39 is 0 Å². The van der Waals surface area contributed by atoms with Crippen LogP contribution < -0.4 is 5.73 Å². The molecule has 1 rings (SSSR count). The minimum Gasteiger partial charge on any atom is -0.507 e. The molecule has 0 radical (unpaired) electrons. The largest absolute Gasteiger partial charge is 0.507 e. The zero-order valence-corrected chi connectivity index (χ0v) is 8.01. The van der Waals surface area contributed by atoms with Crippen LogP contribution in [0.2, 0.25) is 5.02 Å². The molecule has 0 heterocycles. The summed E-state index contributed by atoms with van der Waals surface area (Å²) in [6, 6.07) is 4.96. The van der Waals surface area contributed by atoms with Gasteiger partial charge in [-0.3, -0.25) is 0 Å². The fourth-order valence-corrected chi connectivity index (χ4v) is 1.28. The van der Waals surface area contributed by atoms with Crippen molar-refractivity contribution in [3.63, 3.8) is 0 Å².